The maximum atomic E-state index is 13.6. The molecule has 2 rings (SSSR count). The van der Waals surface area contributed by atoms with Crippen molar-refractivity contribution in [3.05, 3.63) is 33.8 Å². The zero-order valence-corrected chi connectivity index (χ0v) is 9.75. The second-order valence-corrected chi connectivity index (χ2v) is 5.20. The fraction of sp³-hybridized carbons (Fsp3) is 0.100. The second-order valence-electron chi connectivity index (χ2n) is 2.87. The first-order chi connectivity index (χ1) is 6.72. The van der Waals surface area contributed by atoms with Gasteiger partial charge in [0.1, 0.15) is 0 Å². The summed E-state index contributed by atoms with van der Waals surface area (Å²) in [5.74, 6) is 0.00510. The number of nitrogens with two attached hydrogens (primary N) is 1. The SMILES string of the molecule is C[I-]c1cc(F)c2c(N)nccc2c1. The number of benzene rings is 1. The molecule has 1 aromatic carbocycles. The van der Waals surface area contributed by atoms with Gasteiger partial charge in [-0.05, 0) is 0 Å². The molecular weight excluding hydrogens is 294 g/mol. The van der Waals surface area contributed by atoms with Crippen molar-refractivity contribution in [2.45, 2.75) is 0 Å². The summed E-state index contributed by atoms with van der Waals surface area (Å²) in [7, 11) is 0. The molecule has 0 aliphatic rings. The predicted molar refractivity (Wildman–Crippen MR) is 50.7 cm³/mol. The van der Waals surface area contributed by atoms with Crippen LogP contribution in [0.5, 0.6) is 0 Å². The third-order valence-electron chi connectivity index (χ3n) is 2.03. The zero-order valence-electron chi connectivity index (χ0n) is 7.59. The average molecular weight is 303 g/mol. The summed E-state index contributed by atoms with van der Waals surface area (Å²) < 4.78 is 14.7. The van der Waals surface area contributed by atoms with Gasteiger partial charge in [-0.1, -0.05) is 0 Å². The number of hydrogen-bond donors (Lipinski definition) is 1. The Balaban J connectivity index is 2.83. The number of hydrogen-bond acceptors (Lipinski definition) is 2. The molecule has 1 heterocycles. The molecule has 0 amide bonds. The van der Waals surface area contributed by atoms with Gasteiger partial charge in [0.2, 0.25) is 0 Å². The number of fused-ring (bicyclic) bond motifs is 1. The van der Waals surface area contributed by atoms with Crippen LogP contribution in [0.25, 0.3) is 10.8 Å². The number of rotatable bonds is 1. The fourth-order valence-corrected chi connectivity index (χ4v) is 2.60. The predicted octanol–water partition coefficient (Wildman–Crippen LogP) is -1.16. The molecule has 0 aliphatic heterocycles. The second kappa shape index (κ2) is 3.68. The van der Waals surface area contributed by atoms with E-state index in [1.807, 2.05) is 6.07 Å². The molecule has 0 spiro atoms. The Morgan fingerprint density at radius 2 is 2.21 bits per heavy atom. The quantitative estimate of drug-likeness (QED) is 0.533. The van der Waals surface area contributed by atoms with Crippen LogP contribution in [0.2, 0.25) is 0 Å². The Kier molecular flexibility index (Phi) is 2.54. The topological polar surface area (TPSA) is 38.9 Å². The molecule has 0 bridgehead atoms. The molecule has 0 unspecified atom stereocenters. The molecule has 2 N–H and O–H groups in total. The average Bonchev–Trinajstić information content (AvgIpc) is 2.17. The Hall–Kier alpha value is -0.910. The summed E-state index contributed by atoms with van der Waals surface area (Å²) in [4.78, 5) is 5.97. The summed E-state index contributed by atoms with van der Waals surface area (Å²) in [6.45, 7) is 0. The van der Waals surface area contributed by atoms with E-state index in [1.54, 1.807) is 18.3 Å². The zero-order chi connectivity index (χ0) is 10.1. The van der Waals surface area contributed by atoms with Crippen molar-refractivity contribution in [3.63, 3.8) is 0 Å². The third-order valence-corrected chi connectivity index (χ3v) is 3.90. The molecule has 0 saturated carbocycles. The number of aromatic nitrogens is 1. The van der Waals surface area contributed by atoms with Crippen molar-refractivity contribution in [3.8, 4) is 0 Å². The van der Waals surface area contributed by atoms with Gasteiger partial charge in [0.05, 0.1) is 0 Å². The number of halogens is 2. The van der Waals surface area contributed by atoms with E-state index in [4.69, 9.17) is 5.73 Å². The number of anilines is 1. The van der Waals surface area contributed by atoms with E-state index < -0.39 is 0 Å². The molecule has 0 atom stereocenters. The van der Waals surface area contributed by atoms with E-state index in [9.17, 15) is 4.39 Å². The van der Waals surface area contributed by atoms with E-state index in [2.05, 4.69) is 9.91 Å². The van der Waals surface area contributed by atoms with Crippen molar-refractivity contribution in [2.24, 2.45) is 0 Å². The van der Waals surface area contributed by atoms with Gasteiger partial charge >= 0.3 is 91.6 Å². The molecule has 1 aromatic heterocycles. The van der Waals surface area contributed by atoms with Crippen LogP contribution in [0.15, 0.2) is 24.4 Å². The van der Waals surface area contributed by atoms with Gasteiger partial charge in [-0.3, -0.25) is 0 Å². The Labute approximate surface area is 91.6 Å². The summed E-state index contributed by atoms with van der Waals surface area (Å²) in [5.41, 5.74) is 5.61. The Morgan fingerprint density at radius 1 is 1.43 bits per heavy atom. The normalized spacial score (nSPS) is 11.0. The number of nitrogen functional groups attached to an aromatic ring is 1. The first-order valence-electron chi connectivity index (χ1n) is 4.05. The van der Waals surface area contributed by atoms with E-state index >= 15 is 0 Å². The number of pyridine rings is 1. The standard InChI is InChI=1S/C10H9FIN2/c1-12-7-4-6-2-3-14-10(13)9(6)8(11)5-7/h2-5H,1H3,(H2,13,14)/q-1. The summed E-state index contributed by atoms with van der Waals surface area (Å²) in [6.07, 6.45) is 1.61. The molecule has 2 nitrogen and oxygen atoms in total. The van der Waals surface area contributed by atoms with Crippen LogP contribution in [-0.4, -0.2) is 9.91 Å². The van der Waals surface area contributed by atoms with Gasteiger partial charge in [-0.2, -0.15) is 0 Å². The minimum atomic E-state index is -0.260. The number of alkyl halides is 1. The molecule has 0 radical (unpaired) electrons. The molecule has 74 valence electrons. The molecular formula is C10H9FIN2-. The maximum absolute atomic E-state index is 13.6. The van der Waals surface area contributed by atoms with E-state index in [0.29, 0.717) is 5.39 Å². The van der Waals surface area contributed by atoms with E-state index in [1.165, 1.54) is 0 Å². The first-order valence-corrected chi connectivity index (χ1v) is 7.29. The number of nitrogens with zero attached hydrogens (tertiary/aromatic N) is 1. The van der Waals surface area contributed by atoms with Gasteiger partial charge in [-0.15, -0.1) is 0 Å². The van der Waals surface area contributed by atoms with Crippen molar-refractivity contribution >= 4 is 16.6 Å². The van der Waals surface area contributed by atoms with Gasteiger partial charge < -0.3 is 0 Å². The van der Waals surface area contributed by atoms with Gasteiger partial charge in [0.25, 0.3) is 0 Å². The monoisotopic (exact) mass is 303 g/mol. The van der Waals surface area contributed by atoms with Crippen LogP contribution >= 0.6 is 0 Å². The Morgan fingerprint density at radius 3 is 2.93 bits per heavy atom. The molecule has 0 fully saturated rings. The van der Waals surface area contributed by atoms with Crippen LogP contribution in [0.4, 0.5) is 10.2 Å². The summed E-state index contributed by atoms with van der Waals surface area (Å²) in [6, 6.07) is 5.34. The molecule has 14 heavy (non-hydrogen) atoms. The molecule has 2 aromatic rings. The van der Waals surface area contributed by atoms with Crippen molar-refractivity contribution < 1.29 is 25.6 Å². The van der Waals surface area contributed by atoms with Gasteiger partial charge in [-0.25, -0.2) is 0 Å². The van der Waals surface area contributed by atoms with Crippen LogP contribution in [0.3, 0.4) is 0 Å². The molecule has 0 aliphatic carbocycles. The molecule has 0 saturated heterocycles. The fourth-order valence-electron chi connectivity index (χ4n) is 1.37. The van der Waals surface area contributed by atoms with Crippen LogP contribution in [0.1, 0.15) is 0 Å². The van der Waals surface area contributed by atoms with Crippen LogP contribution < -0.4 is 26.9 Å². The van der Waals surface area contributed by atoms with Gasteiger partial charge in [0.15, 0.2) is 0 Å². The van der Waals surface area contributed by atoms with Crippen molar-refractivity contribution in [1.29, 1.82) is 0 Å². The molecule has 4 heteroatoms. The van der Waals surface area contributed by atoms with Crippen molar-refractivity contribution in [2.75, 3.05) is 10.7 Å². The van der Waals surface area contributed by atoms with E-state index in [-0.39, 0.29) is 32.8 Å². The minimum absolute atomic E-state index is 0.0934. The van der Waals surface area contributed by atoms with Crippen molar-refractivity contribution in [1.82, 2.24) is 4.98 Å². The van der Waals surface area contributed by atoms with Crippen LogP contribution in [-0.2, 0) is 0 Å². The third kappa shape index (κ3) is 1.54. The summed E-state index contributed by atoms with van der Waals surface area (Å²) >= 11 is -0.0934. The first kappa shape index (κ1) is 9.64. The van der Waals surface area contributed by atoms with Gasteiger partial charge in [0, 0.05) is 0 Å². The van der Waals surface area contributed by atoms with Crippen LogP contribution in [0, 0.1) is 9.39 Å². The van der Waals surface area contributed by atoms with E-state index in [0.717, 1.165) is 8.96 Å². The summed E-state index contributed by atoms with van der Waals surface area (Å²) in [5, 5.41) is 1.28. The Bertz CT molecular complexity index is 485.